The predicted molar refractivity (Wildman–Crippen MR) is 72.7 cm³/mol. The van der Waals surface area contributed by atoms with Crippen LogP contribution < -0.4 is 4.74 Å². The Morgan fingerprint density at radius 2 is 1.61 bits per heavy atom. The van der Waals surface area contributed by atoms with E-state index in [1.54, 1.807) is 7.11 Å². The van der Waals surface area contributed by atoms with E-state index in [9.17, 15) is 5.11 Å². The topological polar surface area (TPSA) is 29.5 Å². The van der Waals surface area contributed by atoms with Gasteiger partial charge in [-0.05, 0) is 30.2 Å². The van der Waals surface area contributed by atoms with Crippen LogP contribution in [0.2, 0.25) is 0 Å². The fourth-order valence-electron chi connectivity index (χ4n) is 2.05. The SMILES string of the molecule is COc1ccc(C(C)(O)Cc2ccccc2)cc1. The van der Waals surface area contributed by atoms with E-state index in [0.717, 1.165) is 16.9 Å². The third-order valence-corrected chi connectivity index (χ3v) is 3.10. The molecule has 94 valence electrons. The first-order valence-corrected chi connectivity index (χ1v) is 6.03. The monoisotopic (exact) mass is 242 g/mol. The molecule has 0 aliphatic heterocycles. The van der Waals surface area contributed by atoms with Crippen LogP contribution in [0.5, 0.6) is 5.75 Å². The van der Waals surface area contributed by atoms with E-state index >= 15 is 0 Å². The molecular weight excluding hydrogens is 224 g/mol. The summed E-state index contributed by atoms with van der Waals surface area (Å²) < 4.78 is 5.12. The van der Waals surface area contributed by atoms with Gasteiger partial charge >= 0.3 is 0 Å². The summed E-state index contributed by atoms with van der Waals surface area (Å²) >= 11 is 0. The molecule has 0 aromatic heterocycles. The van der Waals surface area contributed by atoms with Gasteiger partial charge in [0, 0.05) is 6.42 Å². The quantitative estimate of drug-likeness (QED) is 0.892. The Bertz CT molecular complexity index is 486. The minimum absolute atomic E-state index is 0.597. The fourth-order valence-corrected chi connectivity index (χ4v) is 2.05. The van der Waals surface area contributed by atoms with Crippen LogP contribution in [0.25, 0.3) is 0 Å². The summed E-state index contributed by atoms with van der Waals surface area (Å²) in [4.78, 5) is 0. The molecule has 0 aliphatic rings. The van der Waals surface area contributed by atoms with E-state index in [0.29, 0.717) is 6.42 Å². The van der Waals surface area contributed by atoms with E-state index in [-0.39, 0.29) is 0 Å². The highest BCUT2D eigenvalue weighted by molar-refractivity contribution is 5.32. The smallest absolute Gasteiger partial charge is 0.118 e. The molecule has 0 saturated carbocycles. The number of aliphatic hydroxyl groups is 1. The van der Waals surface area contributed by atoms with Crippen LogP contribution in [0.3, 0.4) is 0 Å². The molecule has 2 aromatic carbocycles. The molecule has 0 spiro atoms. The highest BCUT2D eigenvalue weighted by atomic mass is 16.5. The van der Waals surface area contributed by atoms with Crippen molar-refractivity contribution in [2.24, 2.45) is 0 Å². The zero-order valence-electron chi connectivity index (χ0n) is 10.8. The van der Waals surface area contributed by atoms with Gasteiger partial charge in [-0.1, -0.05) is 42.5 Å². The van der Waals surface area contributed by atoms with Crippen molar-refractivity contribution in [1.29, 1.82) is 0 Å². The molecule has 0 radical (unpaired) electrons. The molecule has 1 N–H and O–H groups in total. The van der Waals surface area contributed by atoms with Crippen molar-refractivity contribution in [3.8, 4) is 5.75 Å². The van der Waals surface area contributed by atoms with Gasteiger partial charge in [-0.15, -0.1) is 0 Å². The molecule has 18 heavy (non-hydrogen) atoms. The van der Waals surface area contributed by atoms with Gasteiger partial charge in [0.25, 0.3) is 0 Å². The molecule has 2 heteroatoms. The molecule has 0 heterocycles. The highest BCUT2D eigenvalue weighted by Gasteiger charge is 2.23. The Labute approximate surface area is 108 Å². The second-order valence-electron chi connectivity index (χ2n) is 4.66. The maximum absolute atomic E-state index is 10.6. The van der Waals surface area contributed by atoms with Gasteiger partial charge in [0.15, 0.2) is 0 Å². The molecular formula is C16H18O2. The van der Waals surface area contributed by atoms with E-state index in [1.165, 1.54) is 0 Å². The third-order valence-electron chi connectivity index (χ3n) is 3.10. The summed E-state index contributed by atoms with van der Waals surface area (Å²) in [5, 5.41) is 10.6. The van der Waals surface area contributed by atoms with Crippen molar-refractivity contribution >= 4 is 0 Å². The average Bonchev–Trinajstić information content (AvgIpc) is 2.39. The van der Waals surface area contributed by atoms with Crippen LogP contribution in [0, 0.1) is 0 Å². The molecule has 0 aliphatic carbocycles. The van der Waals surface area contributed by atoms with Crippen molar-refractivity contribution in [3.63, 3.8) is 0 Å². The number of rotatable bonds is 4. The summed E-state index contributed by atoms with van der Waals surface area (Å²) in [5.41, 5.74) is 1.15. The second kappa shape index (κ2) is 5.23. The summed E-state index contributed by atoms with van der Waals surface area (Å²) in [5.74, 6) is 0.800. The normalized spacial score (nSPS) is 13.9. The Balaban J connectivity index is 2.19. The van der Waals surface area contributed by atoms with Gasteiger partial charge in [-0.25, -0.2) is 0 Å². The number of ether oxygens (including phenoxy) is 1. The van der Waals surface area contributed by atoms with E-state index in [1.807, 2.05) is 61.5 Å². The van der Waals surface area contributed by atoms with Gasteiger partial charge in [0.2, 0.25) is 0 Å². The molecule has 2 aromatic rings. The minimum atomic E-state index is -0.867. The molecule has 0 fully saturated rings. The maximum atomic E-state index is 10.6. The van der Waals surface area contributed by atoms with Crippen LogP contribution in [-0.2, 0) is 12.0 Å². The lowest BCUT2D eigenvalue weighted by Crippen LogP contribution is -2.24. The van der Waals surface area contributed by atoms with Crippen LogP contribution in [-0.4, -0.2) is 12.2 Å². The summed E-state index contributed by atoms with van der Waals surface area (Å²) in [6.07, 6.45) is 0.597. The van der Waals surface area contributed by atoms with Gasteiger partial charge < -0.3 is 9.84 Å². The van der Waals surface area contributed by atoms with Crippen LogP contribution in [0.4, 0.5) is 0 Å². The number of hydrogen-bond acceptors (Lipinski definition) is 2. The zero-order chi connectivity index (χ0) is 13.0. The maximum Gasteiger partial charge on any atom is 0.118 e. The standard InChI is InChI=1S/C16H18O2/c1-16(17,12-13-6-4-3-5-7-13)14-8-10-15(18-2)11-9-14/h3-11,17H,12H2,1-2H3. The van der Waals surface area contributed by atoms with E-state index < -0.39 is 5.60 Å². The molecule has 0 amide bonds. The molecule has 2 nitrogen and oxygen atoms in total. The lowest BCUT2D eigenvalue weighted by atomic mass is 9.89. The fraction of sp³-hybridized carbons (Fsp3) is 0.250. The number of benzene rings is 2. The summed E-state index contributed by atoms with van der Waals surface area (Å²) in [7, 11) is 1.64. The minimum Gasteiger partial charge on any atom is -0.497 e. The van der Waals surface area contributed by atoms with E-state index in [4.69, 9.17) is 4.74 Å². The molecule has 1 unspecified atom stereocenters. The van der Waals surface area contributed by atoms with Crippen molar-refractivity contribution in [1.82, 2.24) is 0 Å². The largest absolute Gasteiger partial charge is 0.497 e. The average molecular weight is 242 g/mol. The summed E-state index contributed by atoms with van der Waals surface area (Å²) in [6, 6.07) is 17.5. The zero-order valence-corrected chi connectivity index (χ0v) is 10.8. The molecule has 2 rings (SSSR count). The van der Waals surface area contributed by atoms with Crippen molar-refractivity contribution < 1.29 is 9.84 Å². The van der Waals surface area contributed by atoms with Crippen molar-refractivity contribution in [3.05, 3.63) is 65.7 Å². The summed E-state index contributed by atoms with van der Waals surface area (Å²) in [6.45, 7) is 1.84. The van der Waals surface area contributed by atoms with E-state index in [2.05, 4.69) is 0 Å². The third kappa shape index (κ3) is 2.90. The lowest BCUT2D eigenvalue weighted by molar-refractivity contribution is 0.0576. The van der Waals surface area contributed by atoms with Gasteiger partial charge in [0.1, 0.15) is 5.75 Å². The number of methoxy groups -OCH3 is 1. The molecule has 1 atom stereocenters. The Hall–Kier alpha value is -1.80. The highest BCUT2D eigenvalue weighted by Crippen LogP contribution is 2.26. The number of hydrogen-bond donors (Lipinski definition) is 1. The first kappa shape index (κ1) is 12.7. The second-order valence-corrected chi connectivity index (χ2v) is 4.66. The predicted octanol–water partition coefficient (Wildman–Crippen LogP) is 3.15. The van der Waals surface area contributed by atoms with Crippen molar-refractivity contribution in [2.45, 2.75) is 18.9 Å². The van der Waals surface area contributed by atoms with Gasteiger partial charge in [-0.2, -0.15) is 0 Å². The lowest BCUT2D eigenvalue weighted by Gasteiger charge is -2.24. The Morgan fingerprint density at radius 1 is 1.00 bits per heavy atom. The van der Waals surface area contributed by atoms with Gasteiger partial charge in [0.05, 0.1) is 12.7 Å². The first-order chi connectivity index (χ1) is 8.62. The molecule has 0 saturated heterocycles. The Morgan fingerprint density at radius 3 is 2.17 bits per heavy atom. The van der Waals surface area contributed by atoms with Crippen LogP contribution in [0.15, 0.2) is 54.6 Å². The molecule has 0 bridgehead atoms. The van der Waals surface area contributed by atoms with Gasteiger partial charge in [-0.3, -0.25) is 0 Å². The first-order valence-electron chi connectivity index (χ1n) is 6.03. The van der Waals surface area contributed by atoms with Crippen LogP contribution >= 0.6 is 0 Å². The Kier molecular flexibility index (Phi) is 3.68. The van der Waals surface area contributed by atoms with Crippen molar-refractivity contribution in [2.75, 3.05) is 7.11 Å². The van der Waals surface area contributed by atoms with Crippen LogP contribution in [0.1, 0.15) is 18.1 Å².